The molecular formula is C16H25ClN2O. The van der Waals surface area contributed by atoms with E-state index in [2.05, 4.69) is 17.1 Å². The van der Waals surface area contributed by atoms with Gasteiger partial charge in [0.2, 0.25) is 0 Å². The van der Waals surface area contributed by atoms with Crippen LogP contribution in [-0.4, -0.2) is 41.8 Å². The number of hydrogen-bond donors (Lipinski definition) is 2. The van der Waals surface area contributed by atoms with Gasteiger partial charge in [-0.25, -0.2) is 0 Å². The van der Waals surface area contributed by atoms with Crippen LogP contribution in [0.25, 0.3) is 0 Å². The van der Waals surface area contributed by atoms with Crippen LogP contribution < -0.4 is 5.32 Å². The van der Waals surface area contributed by atoms with Crippen molar-refractivity contribution in [2.75, 3.05) is 31.6 Å². The maximum Gasteiger partial charge on any atom is 0.0662 e. The summed E-state index contributed by atoms with van der Waals surface area (Å²) in [4.78, 5) is 2.49. The molecule has 3 nitrogen and oxygen atoms in total. The van der Waals surface area contributed by atoms with E-state index in [1.54, 1.807) is 0 Å². The highest BCUT2D eigenvalue weighted by molar-refractivity contribution is 6.33. The van der Waals surface area contributed by atoms with Gasteiger partial charge in [0.15, 0.2) is 0 Å². The summed E-state index contributed by atoms with van der Waals surface area (Å²) in [5.74, 6) is 0. The molecule has 0 aromatic heterocycles. The molecule has 0 radical (unpaired) electrons. The number of nitrogens with zero attached hydrogens (tertiary/aromatic N) is 1. The predicted octanol–water partition coefficient (Wildman–Crippen LogP) is 3.38. The predicted molar refractivity (Wildman–Crippen MR) is 85.5 cm³/mol. The molecular weight excluding hydrogens is 272 g/mol. The minimum Gasteiger partial charge on any atom is -0.394 e. The lowest BCUT2D eigenvalue weighted by atomic mass is 9.91. The van der Waals surface area contributed by atoms with E-state index in [1.807, 2.05) is 24.3 Å². The van der Waals surface area contributed by atoms with Gasteiger partial charge in [0, 0.05) is 6.54 Å². The molecule has 1 atom stereocenters. The fraction of sp³-hybridized carbons (Fsp3) is 0.625. The molecule has 20 heavy (non-hydrogen) atoms. The van der Waals surface area contributed by atoms with E-state index in [1.165, 1.54) is 6.42 Å². The van der Waals surface area contributed by atoms with Gasteiger partial charge in [0.05, 0.1) is 22.9 Å². The molecule has 0 saturated carbocycles. The molecule has 1 fully saturated rings. The zero-order valence-electron chi connectivity index (χ0n) is 12.2. The third-order valence-electron chi connectivity index (χ3n) is 4.15. The van der Waals surface area contributed by atoms with E-state index < -0.39 is 0 Å². The number of nitrogens with one attached hydrogen (secondary N) is 1. The summed E-state index contributed by atoms with van der Waals surface area (Å²) in [7, 11) is 0. The fourth-order valence-corrected chi connectivity index (χ4v) is 3.14. The number of aliphatic hydroxyl groups is 1. The minimum atomic E-state index is -0.243. The molecule has 0 spiro atoms. The van der Waals surface area contributed by atoms with Gasteiger partial charge in [0.1, 0.15) is 0 Å². The molecule has 0 aliphatic carbocycles. The largest absolute Gasteiger partial charge is 0.394 e. The summed E-state index contributed by atoms with van der Waals surface area (Å²) in [6.45, 7) is 5.67. The van der Waals surface area contributed by atoms with Crippen molar-refractivity contribution in [1.82, 2.24) is 4.90 Å². The second kappa shape index (κ2) is 7.30. The molecule has 2 N–H and O–H groups in total. The molecule has 1 aromatic rings. The van der Waals surface area contributed by atoms with Gasteiger partial charge < -0.3 is 15.3 Å². The first kappa shape index (κ1) is 15.6. The zero-order chi connectivity index (χ0) is 14.4. The van der Waals surface area contributed by atoms with Crippen molar-refractivity contribution in [3.8, 4) is 0 Å². The van der Waals surface area contributed by atoms with Crippen LogP contribution in [0.4, 0.5) is 5.69 Å². The summed E-state index contributed by atoms with van der Waals surface area (Å²) in [5, 5.41) is 14.1. The van der Waals surface area contributed by atoms with Gasteiger partial charge in [-0.15, -0.1) is 0 Å². The van der Waals surface area contributed by atoms with Crippen molar-refractivity contribution in [2.24, 2.45) is 0 Å². The number of rotatable bonds is 5. The molecule has 1 unspecified atom stereocenters. The van der Waals surface area contributed by atoms with Crippen LogP contribution in [0.1, 0.15) is 32.6 Å². The van der Waals surface area contributed by atoms with Gasteiger partial charge in [0.25, 0.3) is 0 Å². The van der Waals surface area contributed by atoms with Crippen LogP contribution >= 0.6 is 11.6 Å². The van der Waals surface area contributed by atoms with Gasteiger partial charge >= 0.3 is 0 Å². The Kier molecular flexibility index (Phi) is 5.70. The maximum absolute atomic E-state index is 9.91. The van der Waals surface area contributed by atoms with Crippen molar-refractivity contribution in [3.05, 3.63) is 29.3 Å². The van der Waals surface area contributed by atoms with Crippen molar-refractivity contribution in [1.29, 1.82) is 0 Å². The summed E-state index contributed by atoms with van der Waals surface area (Å²) < 4.78 is 0. The van der Waals surface area contributed by atoms with E-state index in [4.69, 9.17) is 11.6 Å². The van der Waals surface area contributed by atoms with Crippen molar-refractivity contribution in [3.63, 3.8) is 0 Å². The topological polar surface area (TPSA) is 35.5 Å². The van der Waals surface area contributed by atoms with Crippen LogP contribution in [0.15, 0.2) is 24.3 Å². The van der Waals surface area contributed by atoms with E-state index in [0.717, 1.165) is 49.6 Å². The Morgan fingerprint density at radius 3 is 2.80 bits per heavy atom. The number of hydrogen-bond acceptors (Lipinski definition) is 3. The summed E-state index contributed by atoms with van der Waals surface area (Å²) in [6.07, 6.45) is 4.23. The first-order chi connectivity index (χ1) is 9.69. The maximum atomic E-state index is 9.91. The normalized spacial score (nSPS) is 24.4. The average Bonchev–Trinajstić information content (AvgIpc) is 2.66. The molecule has 1 aromatic carbocycles. The number of anilines is 1. The number of aliphatic hydroxyl groups excluding tert-OH is 1. The first-order valence-electron chi connectivity index (χ1n) is 7.55. The van der Waals surface area contributed by atoms with E-state index in [0.29, 0.717) is 0 Å². The lowest BCUT2D eigenvalue weighted by Gasteiger charge is -2.33. The molecule has 1 aliphatic rings. The van der Waals surface area contributed by atoms with Crippen molar-refractivity contribution < 1.29 is 5.11 Å². The van der Waals surface area contributed by atoms with E-state index in [-0.39, 0.29) is 12.1 Å². The Hall–Kier alpha value is -0.770. The third kappa shape index (κ3) is 3.87. The summed E-state index contributed by atoms with van der Waals surface area (Å²) in [5.41, 5.74) is 0.681. The van der Waals surface area contributed by atoms with Crippen LogP contribution in [0, 0.1) is 0 Å². The molecule has 0 amide bonds. The standard InChI is InChI=1S/C16H25ClN2O/c1-2-10-19-11-5-8-16(13-20,9-12-19)18-15-7-4-3-6-14(15)17/h3-4,6-7,18,20H,2,5,8-13H2,1H3. The van der Waals surface area contributed by atoms with Gasteiger partial charge in [-0.2, -0.15) is 0 Å². The van der Waals surface area contributed by atoms with Crippen LogP contribution in [0.5, 0.6) is 0 Å². The molecule has 112 valence electrons. The zero-order valence-corrected chi connectivity index (χ0v) is 13.0. The monoisotopic (exact) mass is 296 g/mol. The Bertz CT molecular complexity index is 427. The van der Waals surface area contributed by atoms with Gasteiger partial charge in [-0.1, -0.05) is 30.7 Å². The van der Waals surface area contributed by atoms with Crippen LogP contribution in [-0.2, 0) is 0 Å². The van der Waals surface area contributed by atoms with Gasteiger partial charge in [-0.05, 0) is 50.9 Å². The number of likely N-dealkylation sites (tertiary alicyclic amines) is 1. The Balaban J connectivity index is 2.08. The molecule has 4 heteroatoms. The quantitative estimate of drug-likeness (QED) is 0.874. The van der Waals surface area contributed by atoms with Crippen LogP contribution in [0.2, 0.25) is 5.02 Å². The van der Waals surface area contributed by atoms with Crippen molar-refractivity contribution in [2.45, 2.75) is 38.1 Å². The molecule has 1 heterocycles. The van der Waals surface area contributed by atoms with Crippen molar-refractivity contribution >= 4 is 17.3 Å². The molecule has 2 rings (SSSR count). The smallest absolute Gasteiger partial charge is 0.0662 e. The lowest BCUT2D eigenvalue weighted by Crippen LogP contribution is -2.43. The SMILES string of the molecule is CCCN1CCCC(CO)(Nc2ccccc2Cl)CC1. The Morgan fingerprint density at radius 1 is 1.30 bits per heavy atom. The molecule has 1 saturated heterocycles. The third-order valence-corrected chi connectivity index (χ3v) is 4.48. The molecule has 1 aliphatic heterocycles. The lowest BCUT2D eigenvalue weighted by molar-refractivity contribution is 0.192. The molecule has 0 bridgehead atoms. The second-order valence-electron chi connectivity index (χ2n) is 5.74. The minimum absolute atomic E-state index is 0.151. The summed E-state index contributed by atoms with van der Waals surface area (Å²) in [6, 6.07) is 7.76. The Morgan fingerprint density at radius 2 is 2.10 bits per heavy atom. The van der Waals surface area contributed by atoms with Gasteiger partial charge in [-0.3, -0.25) is 0 Å². The fourth-order valence-electron chi connectivity index (χ4n) is 2.96. The highest BCUT2D eigenvalue weighted by atomic mass is 35.5. The van der Waals surface area contributed by atoms with E-state index >= 15 is 0 Å². The number of benzene rings is 1. The summed E-state index contributed by atoms with van der Waals surface area (Å²) >= 11 is 6.23. The van der Waals surface area contributed by atoms with E-state index in [9.17, 15) is 5.11 Å². The first-order valence-corrected chi connectivity index (χ1v) is 7.93. The average molecular weight is 297 g/mol. The number of halogens is 1. The van der Waals surface area contributed by atoms with Crippen LogP contribution in [0.3, 0.4) is 0 Å². The second-order valence-corrected chi connectivity index (χ2v) is 6.15. The highest BCUT2D eigenvalue weighted by Gasteiger charge is 2.32. The highest BCUT2D eigenvalue weighted by Crippen LogP contribution is 2.30. The Labute approximate surface area is 126 Å². The number of para-hydroxylation sites is 1.